The summed E-state index contributed by atoms with van der Waals surface area (Å²) in [6, 6.07) is 12.1. The normalized spacial score (nSPS) is 10.4. The van der Waals surface area contributed by atoms with E-state index in [0.29, 0.717) is 6.54 Å². The van der Waals surface area contributed by atoms with Gasteiger partial charge in [-0.1, -0.05) is 18.2 Å². The molecule has 0 saturated carbocycles. The van der Waals surface area contributed by atoms with Crippen molar-refractivity contribution >= 4 is 18.1 Å². The van der Waals surface area contributed by atoms with Gasteiger partial charge in [0.2, 0.25) is 0 Å². The van der Waals surface area contributed by atoms with Crippen LogP contribution in [0.5, 0.6) is 0 Å². The standard InChI is InChI=1S/C14H14N4.ClH/c1-10-7-14-16-6-5-13(18(14)17-10)12-4-2-3-11(8-12)9-15;/h2-8H,9,15H2,1H3;1H. The lowest BCUT2D eigenvalue weighted by Gasteiger charge is -2.06. The molecule has 2 aromatic heterocycles. The van der Waals surface area contributed by atoms with Crippen LogP contribution < -0.4 is 5.73 Å². The molecule has 2 N–H and O–H groups in total. The van der Waals surface area contributed by atoms with Gasteiger partial charge in [0.15, 0.2) is 5.65 Å². The Hall–Kier alpha value is -1.91. The summed E-state index contributed by atoms with van der Waals surface area (Å²) in [5.41, 5.74) is 10.8. The van der Waals surface area contributed by atoms with Crippen LogP contribution in [0.2, 0.25) is 0 Å². The minimum atomic E-state index is 0. The van der Waals surface area contributed by atoms with E-state index in [-0.39, 0.29) is 12.4 Å². The van der Waals surface area contributed by atoms with Gasteiger partial charge in [0.05, 0.1) is 11.4 Å². The average Bonchev–Trinajstić information content (AvgIpc) is 2.78. The summed E-state index contributed by atoms with van der Waals surface area (Å²) >= 11 is 0. The maximum absolute atomic E-state index is 5.68. The van der Waals surface area contributed by atoms with E-state index in [0.717, 1.165) is 28.2 Å². The highest BCUT2D eigenvalue weighted by atomic mass is 35.5. The Morgan fingerprint density at radius 1 is 1.21 bits per heavy atom. The minimum Gasteiger partial charge on any atom is -0.326 e. The van der Waals surface area contributed by atoms with Gasteiger partial charge in [-0.25, -0.2) is 9.50 Å². The van der Waals surface area contributed by atoms with Crippen LogP contribution in [0.25, 0.3) is 16.9 Å². The molecule has 3 aromatic rings. The summed E-state index contributed by atoms with van der Waals surface area (Å²) < 4.78 is 1.87. The van der Waals surface area contributed by atoms with E-state index in [1.165, 1.54) is 0 Å². The molecule has 0 amide bonds. The van der Waals surface area contributed by atoms with E-state index in [1.807, 2.05) is 35.7 Å². The van der Waals surface area contributed by atoms with Crippen LogP contribution in [-0.2, 0) is 6.54 Å². The lowest BCUT2D eigenvalue weighted by atomic mass is 10.1. The topological polar surface area (TPSA) is 56.2 Å². The SMILES string of the molecule is Cc1cc2nccc(-c3cccc(CN)c3)n2n1.Cl. The van der Waals surface area contributed by atoms with Crippen molar-refractivity contribution in [3.05, 3.63) is 53.9 Å². The molecule has 0 aliphatic carbocycles. The van der Waals surface area contributed by atoms with Gasteiger partial charge in [0, 0.05) is 24.4 Å². The number of fused-ring (bicyclic) bond motifs is 1. The predicted molar refractivity (Wildman–Crippen MR) is 78.3 cm³/mol. The van der Waals surface area contributed by atoms with Gasteiger partial charge in [-0.05, 0) is 24.6 Å². The first kappa shape index (κ1) is 13.5. The summed E-state index contributed by atoms with van der Waals surface area (Å²) in [6.45, 7) is 2.51. The van der Waals surface area contributed by atoms with Crippen molar-refractivity contribution in [1.82, 2.24) is 14.6 Å². The molecular formula is C14H15ClN4. The largest absolute Gasteiger partial charge is 0.326 e. The second kappa shape index (κ2) is 5.38. The zero-order valence-corrected chi connectivity index (χ0v) is 11.4. The molecule has 0 aliphatic heterocycles. The van der Waals surface area contributed by atoms with Crippen molar-refractivity contribution < 1.29 is 0 Å². The number of nitrogens with zero attached hydrogens (tertiary/aromatic N) is 3. The quantitative estimate of drug-likeness (QED) is 0.781. The second-order valence-corrected chi connectivity index (χ2v) is 4.29. The third-order valence-electron chi connectivity index (χ3n) is 2.94. The third kappa shape index (κ3) is 2.45. The Labute approximate surface area is 117 Å². The van der Waals surface area contributed by atoms with E-state index in [1.54, 1.807) is 6.20 Å². The van der Waals surface area contributed by atoms with Crippen LogP contribution >= 0.6 is 12.4 Å². The molecular weight excluding hydrogens is 260 g/mol. The number of hydrogen-bond donors (Lipinski definition) is 1. The number of halogens is 1. The molecule has 5 heteroatoms. The Morgan fingerprint density at radius 3 is 2.84 bits per heavy atom. The molecule has 98 valence electrons. The molecule has 3 rings (SSSR count). The fraction of sp³-hybridized carbons (Fsp3) is 0.143. The molecule has 0 unspecified atom stereocenters. The van der Waals surface area contributed by atoms with E-state index < -0.39 is 0 Å². The van der Waals surface area contributed by atoms with Gasteiger partial charge >= 0.3 is 0 Å². The van der Waals surface area contributed by atoms with Crippen molar-refractivity contribution in [2.24, 2.45) is 5.73 Å². The van der Waals surface area contributed by atoms with Crippen LogP contribution in [0.3, 0.4) is 0 Å². The van der Waals surface area contributed by atoms with E-state index in [9.17, 15) is 0 Å². The minimum absolute atomic E-state index is 0. The second-order valence-electron chi connectivity index (χ2n) is 4.29. The van der Waals surface area contributed by atoms with Crippen molar-refractivity contribution in [3.63, 3.8) is 0 Å². The molecule has 0 spiro atoms. The predicted octanol–water partition coefficient (Wildman–Crippen LogP) is 2.59. The Bertz CT molecular complexity index is 705. The smallest absolute Gasteiger partial charge is 0.155 e. The molecule has 0 bridgehead atoms. The summed E-state index contributed by atoms with van der Waals surface area (Å²) in [5, 5.41) is 4.47. The van der Waals surface area contributed by atoms with Gasteiger partial charge in [0.25, 0.3) is 0 Å². The first-order valence-corrected chi connectivity index (χ1v) is 5.89. The molecule has 0 atom stereocenters. The highest BCUT2D eigenvalue weighted by molar-refractivity contribution is 5.85. The fourth-order valence-corrected chi connectivity index (χ4v) is 2.09. The summed E-state index contributed by atoms with van der Waals surface area (Å²) in [4.78, 5) is 4.31. The van der Waals surface area contributed by atoms with E-state index in [4.69, 9.17) is 5.73 Å². The van der Waals surface area contributed by atoms with Crippen LogP contribution in [-0.4, -0.2) is 14.6 Å². The summed E-state index contributed by atoms with van der Waals surface area (Å²) in [5.74, 6) is 0. The number of rotatable bonds is 2. The van der Waals surface area contributed by atoms with Gasteiger partial charge < -0.3 is 5.73 Å². The molecule has 0 fully saturated rings. The zero-order chi connectivity index (χ0) is 12.5. The highest BCUT2D eigenvalue weighted by Gasteiger charge is 2.06. The monoisotopic (exact) mass is 274 g/mol. The highest BCUT2D eigenvalue weighted by Crippen LogP contribution is 2.21. The number of hydrogen-bond acceptors (Lipinski definition) is 3. The lowest BCUT2D eigenvalue weighted by molar-refractivity contribution is 0.924. The van der Waals surface area contributed by atoms with Crippen LogP contribution in [0.1, 0.15) is 11.3 Å². The molecule has 4 nitrogen and oxygen atoms in total. The zero-order valence-electron chi connectivity index (χ0n) is 10.6. The first-order valence-electron chi connectivity index (χ1n) is 5.89. The first-order chi connectivity index (χ1) is 8.78. The third-order valence-corrected chi connectivity index (χ3v) is 2.94. The number of benzene rings is 1. The Balaban J connectivity index is 0.00000133. The molecule has 1 aromatic carbocycles. The van der Waals surface area contributed by atoms with Gasteiger partial charge in [0.1, 0.15) is 0 Å². The van der Waals surface area contributed by atoms with Crippen LogP contribution in [0.15, 0.2) is 42.6 Å². The maximum atomic E-state index is 5.68. The van der Waals surface area contributed by atoms with Gasteiger partial charge in [-0.2, -0.15) is 5.10 Å². The van der Waals surface area contributed by atoms with Gasteiger partial charge in [-0.3, -0.25) is 0 Å². The Kier molecular flexibility index (Phi) is 3.83. The van der Waals surface area contributed by atoms with Crippen molar-refractivity contribution in [3.8, 4) is 11.3 Å². The van der Waals surface area contributed by atoms with Crippen molar-refractivity contribution in [2.45, 2.75) is 13.5 Å². The van der Waals surface area contributed by atoms with Gasteiger partial charge in [-0.15, -0.1) is 12.4 Å². The fourth-order valence-electron chi connectivity index (χ4n) is 2.09. The maximum Gasteiger partial charge on any atom is 0.155 e. The molecule has 0 saturated heterocycles. The molecule has 19 heavy (non-hydrogen) atoms. The summed E-state index contributed by atoms with van der Waals surface area (Å²) in [6.07, 6.45) is 1.81. The Morgan fingerprint density at radius 2 is 2.05 bits per heavy atom. The van der Waals surface area contributed by atoms with E-state index >= 15 is 0 Å². The van der Waals surface area contributed by atoms with Crippen LogP contribution in [0.4, 0.5) is 0 Å². The molecule has 0 radical (unpaired) electrons. The number of aromatic nitrogens is 3. The lowest BCUT2D eigenvalue weighted by Crippen LogP contribution is -1.98. The number of aryl methyl sites for hydroxylation is 1. The number of nitrogens with two attached hydrogens (primary N) is 1. The summed E-state index contributed by atoms with van der Waals surface area (Å²) in [7, 11) is 0. The molecule has 0 aliphatic rings. The van der Waals surface area contributed by atoms with Crippen LogP contribution in [0, 0.1) is 6.92 Å². The van der Waals surface area contributed by atoms with Crippen molar-refractivity contribution in [2.75, 3.05) is 0 Å². The molecule has 2 heterocycles. The van der Waals surface area contributed by atoms with Crippen molar-refractivity contribution in [1.29, 1.82) is 0 Å². The average molecular weight is 275 g/mol. The van der Waals surface area contributed by atoms with E-state index in [2.05, 4.69) is 22.2 Å².